The molecule has 3 aromatic rings. The summed E-state index contributed by atoms with van der Waals surface area (Å²) in [6, 6.07) is 16.4. The van der Waals surface area contributed by atoms with Gasteiger partial charge in [-0.25, -0.2) is 4.98 Å². The number of rotatable bonds is 7. The van der Waals surface area contributed by atoms with E-state index in [-0.39, 0.29) is 21.8 Å². The number of carbonyl (C=O) groups excluding carboxylic acids is 2. The lowest BCUT2D eigenvalue weighted by Crippen LogP contribution is -2.33. The lowest BCUT2D eigenvalue weighted by atomic mass is 10.1. The summed E-state index contributed by atoms with van der Waals surface area (Å²) in [6.07, 6.45) is 4.12. The number of amides is 2. The third-order valence-electron chi connectivity index (χ3n) is 5.56. The zero-order valence-electron chi connectivity index (χ0n) is 18.2. The molecular weight excluding hydrogens is 402 g/mol. The molecule has 170 valence electrons. The minimum Gasteiger partial charge on any atom is -0.351 e. The molecule has 1 aliphatic heterocycles. The third kappa shape index (κ3) is 5.36. The number of hydrogen-bond acceptors (Lipinski definition) is 5. The van der Waals surface area contributed by atoms with Crippen LogP contribution in [0.3, 0.4) is 0 Å². The number of benzene rings is 2. The number of anilines is 1. The first-order valence-electron chi connectivity index (χ1n) is 10.9. The zero-order valence-corrected chi connectivity index (χ0v) is 18.2. The Balaban J connectivity index is 0.00000204. The smallest absolute Gasteiger partial charge is 0.276 e. The van der Waals surface area contributed by atoms with Gasteiger partial charge in [0.25, 0.3) is 11.8 Å². The Bertz CT molecular complexity index is 1090. The Morgan fingerprint density at radius 3 is 2.44 bits per heavy atom. The summed E-state index contributed by atoms with van der Waals surface area (Å²) >= 11 is 0. The molecule has 0 atom stereocenters. The highest BCUT2D eigenvalue weighted by Crippen LogP contribution is 2.19. The van der Waals surface area contributed by atoms with Crippen molar-refractivity contribution in [2.45, 2.75) is 19.8 Å². The van der Waals surface area contributed by atoms with E-state index in [1.165, 1.54) is 12.8 Å². The average Bonchev–Trinajstić information content (AvgIpc) is 3.33. The molecule has 1 fully saturated rings. The fourth-order valence-corrected chi connectivity index (χ4v) is 3.74. The van der Waals surface area contributed by atoms with E-state index in [0.717, 1.165) is 25.2 Å². The normalized spacial score (nSPS) is 13.7. The van der Waals surface area contributed by atoms with Crippen molar-refractivity contribution in [3.05, 3.63) is 77.7 Å². The van der Waals surface area contributed by atoms with Gasteiger partial charge in [0.1, 0.15) is 5.69 Å². The lowest BCUT2D eigenvalue weighted by molar-refractivity contribution is 0.0949. The Hall–Kier alpha value is -3.58. The van der Waals surface area contributed by atoms with E-state index < -0.39 is 0 Å². The van der Waals surface area contributed by atoms with Crippen LogP contribution in [0.2, 0.25) is 0 Å². The first-order chi connectivity index (χ1) is 15.6. The van der Waals surface area contributed by atoms with Crippen LogP contribution in [0.15, 0.2) is 60.8 Å². The van der Waals surface area contributed by atoms with Crippen LogP contribution in [-0.4, -0.2) is 52.9 Å². The van der Waals surface area contributed by atoms with Gasteiger partial charge in [0.05, 0.1) is 17.6 Å². The van der Waals surface area contributed by atoms with Gasteiger partial charge < -0.3 is 15.5 Å². The van der Waals surface area contributed by atoms with Gasteiger partial charge in [-0.1, -0.05) is 30.3 Å². The topological polar surface area (TPSA) is 87.2 Å². The predicted octanol–water partition coefficient (Wildman–Crippen LogP) is 4.27. The van der Waals surface area contributed by atoms with E-state index in [4.69, 9.17) is 0 Å². The Morgan fingerprint density at radius 2 is 1.72 bits per heavy atom. The highest BCUT2D eigenvalue weighted by molar-refractivity contribution is 6.03. The van der Waals surface area contributed by atoms with E-state index in [0.29, 0.717) is 29.2 Å². The number of nitrogens with one attached hydrogen (secondary N) is 2. The predicted molar refractivity (Wildman–Crippen MR) is 131 cm³/mol. The molecule has 2 N–H and O–H groups in total. The summed E-state index contributed by atoms with van der Waals surface area (Å²) in [7, 11) is 0. The molecule has 0 spiro atoms. The standard InChI is InChI=1S/C25H27N5O2.3H2/c1-18-23(25(32)28-21-7-3-2-4-8-21)29-22(17-27-18)19-9-11-20(12-10-19)24(31)26-13-16-30-14-5-6-15-30;;;/h2-4,7-12,17H,5-6,13-16H2,1H3,(H,26,31)(H,28,32);3*1H. The number of para-hydroxylation sites is 1. The van der Waals surface area contributed by atoms with Crippen LogP contribution in [0.4, 0.5) is 5.69 Å². The van der Waals surface area contributed by atoms with Crippen molar-refractivity contribution in [1.82, 2.24) is 20.2 Å². The van der Waals surface area contributed by atoms with E-state index in [1.807, 2.05) is 42.5 Å². The van der Waals surface area contributed by atoms with Gasteiger partial charge >= 0.3 is 0 Å². The second-order valence-electron chi connectivity index (χ2n) is 7.89. The molecule has 1 saturated heterocycles. The zero-order chi connectivity index (χ0) is 22.3. The van der Waals surface area contributed by atoms with E-state index in [1.54, 1.807) is 25.3 Å². The van der Waals surface area contributed by atoms with Crippen molar-refractivity contribution in [2.75, 3.05) is 31.5 Å². The van der Waals surface area contributed by atoms with Gasteiger partial charge in [-0.15, -0.1) is 0 Å². The number of carbonyl (C=O) groups is 2. The van der Waals surface area contributed by atoms with E-state index >= 15 is 0 Å². The maximum atomic E-state index is 12.7. The summed E-state index contributed by atoms with van der Waals surface area (Å²) in [4.78, 5) is 36.3. The number of aromatic nitrogens is 2. The molecule has 7 nitrogen and oxygen atoms in total. The molecule has 0 saturated carbocycles. The second kappa shape index (κ2) is 10.2. The van der Waals surface area contributed by atoms with Gasteiger partial charge in [-0.2, -0.15) is 0 Å². The Morgan fingerprint density at radius 1 is 1.00 bits per heavy atom. The molecule has 0 unspecified atom stereocenters. The van der Waals surface area contributed by atoms with Crippen LogP contribution in [-0.2, 0) is 0 Å². The first kappa shape index (κ1) is 21.6. The summed E-state index contributed by atoms with van der Waals surface area (Å²) in [5, 5.41) is 5.82. The summed E-state index contributed by atoms with van der Waals surface area (Å²) < 4.78 is 0. The minimum absolute atomic E-state index is 0. The third-order valence-corrected chi connectivity index (χ3v) is 5.56. The second-order valence-corrected chi connectivity index (χ2v) is 7.89. The number of aryl methyl sites for hydroxylation is 1. The maximum absolute atomic E-state index is 12.7. The molecular formula is C25H33N5O2. The van der Waals surface area contributed by atoms with Gasteiger partial charge in [0.2, 0.25) is 0 Å². The molecule has 32 heavy (non-hydrogen) atoms. The number of likely N-dealkylation sites (tertiary alicyclic amines) is 1. The average molecular weight is 436 g/mol. The van der Waals surface area contributed by atoms with Gasteiger partial charge in [0.15, 0.2) is 0 Å². The fraction of sp³-hybridized carbons (Fsp3) is 0.280. The van der Waals surface area contributed by atoms with Crippen LogP contribution in [0.1, 0.15) is 43.7 Å². The van der Waals surface area contributed by atoms with Crippen LogP contribution in [0.5, 0.6) is 0 Å². The van der Waals surface area contributed by atoms with Crippen LogP contribution >= 0.6 is 0 Å². The summed E-state index contributed by atoms with van der Waals surface area (Å²) in [6.45, 7) is 5.52. The molecule has 2 amide bonds. The van der Waals surface area contributed by atoms with Crippen molar-refractivity contribution in [3.63, 3.8) is 0 Å². The Kier molecular flexibility index (Phi) is 6.87. The molecule has 0 aliphatic carbocycles. The maximum Gasteiger partial charge on any atom is 0.276 e. The van der Waals surface area contributed by atoms with Crippen LogP contribution in [0, 0.1) is 6.92 Å². The highest BCUT2D eigenvalue weighted by Gasteiger charge is 2.15. The van der Waals surface area contributed by atoms with E-state index in [2.05, 4.69) is 25.5 Å². The van der Waals surface area contributed by atoms with Crippen molar-refractivity contribution in [3.8, 4) is 11.3 Å². The van der Waals surface area contributed by atoms with Gasteiger partial charge in [0, 0.05) is 34.2 Å². The molecule has 7 heteroatoms. The van der Waals surface area contributed by atoms with Crippen molar-refractivity contribution >= 4 is 17.5 Å². The van der Waals surface area contributed by atoms with Gasteiger partial charge in [-0.3, -0.25) is 14.6 Å². The van der Waals surface area contributed by atoms with Crippen molar-refractivity contribution in [2.24, 2.45) is 0 Å². The molecule has 1 aliphatic rings. The SMILES string of the molecule is Cc1ncc(-c2ccc(C(=O)NCCN3CCCC3)cc2)nc1C(=O)Nc1ccccc1.[HH].[HH].[HH]. The number of nitrogens with zero attached hydrogens (tertiary/aromatic N) is 3. The largest absolute Gasteiger partial charge is 0.351 e. The first-order valence-corrected chi connectivity index (χ1v) is 10.9. The van der Waals surface area contributed by atoms with Crippen molar-refractivity contribution < 1.29 is 13.9 Å². The summed E-state index contributed by atoms with van der Waals surface area (Å²) in [5.74, 6) is -0.397. The molecule has 0 radical (unpaired) electrons. The molecule has 4 rings (SSSR count). The monoisotopic (exact) mass is 435 g/mol. The van der Waals surface area contributed by atoms with Gasteiger partial charge in [-0.05, 0) is 57.1 Å². The lowest BCUT2D eigenvalue weighted by Gasteiger charge is -2.14. The summed E-state index contributed by atoms with van der Waals surface area (Å²) in [5.41, 5.74) is 3.49. The van der Waals surface area contributed by atoms with Crippen molar-refractivity contribution in [1.29, 1.82) is 0 Å². The molecule has 2 heterocycles. The fourth-order valence-electron chi connectivity index (χ4n) is 3.74. The van der Waals surface area contributed by atoms with Crippen LogP contribution in [0.25, 0.3) is 11.3 Å². The molecule has 2 aromatic carbocycles. The quantitative estimate of drug-likeness (QED) is 0.579. The minimum atomic E-state index is -0.308. The molecule has 1 aromatic heterocycles. The number of hydrogen-bond donors (Lipinski definition) is 2. The van der Waals surface area contributed by atoms with Crippen LogP contribution < -0.4 is 10.6 Å². The highest BCUT2D eigenvalue weighted by atomic mass is 16.2. The molecule has 0 bridgehead atoms. The Labute approximate surface area is 192 Å². The van der Waals surface area contributed by atoms with E-state index in [9.17, 15) is 9.59 Å².